The Morgan fingerprint density at radius 1 is 0.641 bits per heavy atom. The fourth-order valence-corrected chi connectivity index (χ4v) is 5.20. The molecule has 0 amide bonds. The largest absolute Gasteiger partial charge is 0.454 e. The van der Waals surface area contributed by atoms with Gasteiger partial charge in [0, 0.05) is 5.92 Å². The Morgan fingerprint density at radius 3 is 1.72 bits per heavy atom. The van der Waals surface area contributed by atoms with E-state index in [-0.39, 0.29) is 11.1 Å². The van der Waals surface area contributed by atoms with Crippen LogP contribution in [0.1, 0.15) is 61.7 Å². The first-order chi connectivity index (χ1) is 18.7. The van der Waals surface area contributed by atoms with Gasteiger partial charge in [-0.3, -0.25) is 0 Å². The van der Waals surface area contributed by atoms with Crippen molar-refractivity contribution in [1.82, 2.24) is 0 Å². The Balaban J connectivity index is 1.69. The number of rotatable bonds is 5. The van der Waals surface area contributed by atoms with Gasteiger partial charge < -0.3 is 9.47 Å². The molecule has 1 aliphatic carbocycles. The predicted octanol–water partition coefficient (Wildman–Crippen LogP) is 7.11. The molecule has 39 heavy (non-hydrogen) atoms. The molecule has 4 atom stereocenters. The number of aryl methyl sites for hydroxylation is 1. The van der Waals surface area contributed by atoms with E-state index < -0.39 is 53.4 Å². The molecule has 0 fully saturated rings. The van der Waals surface area contributed by atoms with Crippen molar-refractivity contribution in [2.24, 2.45) is 0 Å². The standard InChI is InChI=1S/C32H25F3O4/c1-18-13-14-22(33)15-23(18)28-25-17-27(35)26(34)16-24(25)19(2)29(38-31(36)20-9-5-3-6-10-20)30(28)39-32(37)21-11-7-4-8-12-21/h3-17,19,28-30H,1-2H3. The van der Waals surface area contributed by atoms with Crippen LogP contribution < -0.4 is 0 Å². The number of ether oxygens (including phenoxy) is 2. The lowest BCUT2D eigenvalue weighted by Gasteiger charge is -2.42. The van der Waals surface area contributed by atoms with Crippen molar-refractivity contribution in [3.8, 4) is 0 Å². The van der Waals surface area contributed by atoms with Crippen molar-refractivity contribution in [2.75, 3.05) is 0 Å². The lowest BCUT2D eigenvalue weighted by atomic mass is 9.70. The second-order valence-corrected chi connectivity index (χ2v) is 9.63. The summed E-state index contributed by atoms with van der Waals surface area (Å²) in [5.74, 6) is -5.72. The molecule has 0 N–H and O–H groups in total. The second-order valence-electron chi connectivity index (χ2n) is 9.63. The summed E-state index contributed by atoms with van der Waals surface area (Å²) in [6.07, 6.45) is -2.28. The van der Waals surface area contributed by atoms with Gasteiger partial charge in [-0.05, 0) is 77.7 Å². The molecule has 0 aliphatic heterocycles. The minimum Gasteiger partial charge on any atom is -0.454 e. The minimum absolute atomic E-state index is 0.254. The number of fused-ring (bicyclic) bond motifs is 1. The van der Waals surface area contributed by atoms with Crippen LogP contribution in [0.25, 0.3) is 0 Å². The van der Waals surface area contributed by atoms with Crippen LogP contribution in [0.2, 0.25) is 0 Å². The fourth-order valence-electron chi connectivity index (χ4n) is 5.20. The Morgan fingerprint density at radius 2 is 1.15 bits per heavy atom. The van der Waals surface area contributed by atoms with Gasteiger partial charge in [0.2, 0.25) is 0 Å². The molecule has 0 aromatic heterocycles. The topological polar surface area (TPSA) is 52.6 Å². The third-order valence-electron chi connectivity index (χ3n) is 7.18. The van der Waals surface area contributed by atoms with Crippen molar-refractivity contribution in [1.29, 1.82) is 0 Å². The molecule has 5 rings (SSSR count). The van der Waals surface area contributed by atoms with Gasteiger partial charge in [-0.15, -0.1) is 0 Å². The number of halogens is 3. The number of hydrogen-bond acceptors (Lipinski definition) is 4. The maximum atomic E-state index is 14.6. The van der Waals surface area contributed by atoms with E-state index in [9.17, 15) is 22.8 Å². The zero-order valence-electron chi connectivity index (χ0n) is 21.2. The number of benzene rings is 4. The Labute approximate surface area is 224 Å². The van der Waals surface area contributed by atoms with E-state index in [0.29, 0.717) is 22.3 Å². The number of carbonyl (C=O) groups excluding carboxylic acids is 2. The van der Waals surface area contributed by atoms with Crippen LogP contribution >= 0.6 is 0 Å². The Hall–Kier alpha value is -4.39. The zero-order valence-corrected chi connectivity index (χ0v) is 21.2. The molecular weight excluding hydrogens is 505 g/mol. The van der Waals surface area contributed by atoms with Crippen LogP contribution in [0.5, 0.6) is 0 Å². The fraction of sp³-hybridized carbons (Fsp3) is 0.188. The highest BCUT2D eigenvalue weighted by Gasteiger charge is 2.47. The lowest BCUT2D eigenvalue weighted by molar-refractivity contribution is -0.0533. The van der Waals surface area contributed by atoms with Crippen molar-refractivity contribution in [3.63, 3.8) is 0 Å². The van der Waals surface area contributed by atoms with E-state index in [1.807, 2.05) is 0 Å². The quantitative estimate of drug-likeness (QED) is 0.258. The zero-order chi connectivity index (χ0) is 27.7. The number of hydrogen-bond donors (Lipinski definition) is 0. The normalized spacial score (nSPS) is 20.1. The predicted molar refractivity (Wildman–Crippen MR) is 139 cm³/mol. The van der Waals surface area contributed by atoms with E-state index in [1.165, 1.54) is 12.1 Å². The van der Waals surface area contributed by atoms with Gasteiger partial charge in [-0.25, -0.2) is 22.8 Å². The monoisotopic (exact) mass is 530 g/mol. The van der Waals surface area contributed by atoms with Gasteiger partial charge in [0.25, 0.3) is 0 Å². The van der Waals surface area contributed by atoms with Gasteiger partial charge in [-0.1, -0.05) is 49.4 Å². The molecule has 0 bridgehead atoms. The second kappa shape index (κ2) is 10.8. The van der Waals surface area contributed by atoms with Crippen LogP contribution in [0, 0.1) is 24.4 Å². The van der Waals surface area contributed by atoms with Crippen LogP contribution in [-0.4, -0.2) is 24.1 Å². The summed E-state index contributed by atoms with van der Waals surface area (Å²) in [6, 6.07) is 22.8. The highest BCUT2D eigenvalue weighted by molar-refractivity contribution is 5.90. The van der Waals surface area contributed by atoms with Crippen molar-refractivity contribution in [2.45, 2.75) is 37.9 Å². The first kappa shape index (κ1) is 26.2. The molecule has 198 valence electrons. The Bertz CT molecular complexity index is 1520. The SMILES string of the molecule is Cc1ccc(F)cc1C1c2cc(F)c(F)cc2C(C)C(OC(=O)c2ccccc2)C1OC(=O)c1ccccc1. The van der Waals surface area contributed by atoms with Gasteiger partial charge in [0.1, 0.15) is 11.9 Å². The average molecular weight is 531 g/mol. The van der Waals surface area contributed by atoms with Crippen molar-refractivity contribution < 1.29 is 32.2 Å². The van der Waals surface area contributed by atoms with Gasteiger partial charge in [0.05, 0.1) is 17.0 Å². The maximum Gasteiger partial charge on any atom is 0.338 e. The van der Waals surface area contributed by atoms with E-state index in [0.717, 1.165) is 12.1 Å². The molecule has 4 unspecified atom stereocenters. The van der Waals surface area contributed by atoms with Gasteiger partial charge >= 0.3 is 11.9 Å². The van der Waals surface area contributed by atoms with E-state index in [2.05, 4.69) is 0 Å². The first-order valence-corrected chi connectivity index (χ1v) is 12.5. The molecule has 4 aromatic carbocycles. The first-order valence-electron chi connectivity index (χ1n) is 12.5. The summed E-state index contributed by atoms with van der Waals surface area (Å²) in [7, 11) is 0. The average Bonchev–Trinajstić information content (AvgIpc) is 2.94. The van der Waals surface area contributed by atoms with Crippen LogP contribution in [0.4, 0.5) is 13.2 Å². The molecule has 0 saturated carbocycles. The molecule has 4 aromatic rings. The van der Waals surface area contributed by atoms with Crippen LogP contribution in [0.3, 0.4) is 0 Å². The van der Waals surface area contributed by atoms with E-state index in [4.69, 9.17) is 9.47 Å². The maximum absolute atomic E-state index is 14.6. The van der Waals surface area contributed by atoms with Crippen molar-refractivity contribution in [3.05, 3.63) is 142 Å². The highest BCUT2D eigenvalue weighted by Crippen LogP contribution is 2.47. The van der Waals surface area contributed by atoms with E-state index >= 15 is 0 Å². The molecule has 7 heteroatoms. The molecule has 0 heterocycles. The summed E-state index contributed by atoms with van der Waals surface area (Å²) in [6.45, 7) is 3.44. The number of carbonyl (C=O) groups is 2. The van der Waals surface area contributed by atoms with Crippen molar-refractivity contribution >= 4 is 11.9 Å². The molecular formula is C32H25F3O4. The molecule has 0 saturated heterocycles. The third kappa shape index (κ3) is 5.17. The molecule has 0 radical (unpaired) electrons. The minimum atomic E-state index is -1.18. The summed E-state index contributed by atoms with van der Waals surface area (Å²) in [5, 5.41) is 0. The van der Waals surface area contributed by atoms with Gasteiger partial charge in [0.15, 0.2) is 17.7 Å². The molecule has 4 nitrogen and oxygen atoms in total. The summed E-state index contributed by atoms with van der Waals surface area (Å²) >= 11 is 0. The van der Waals surface area contributed by atoms with E-state index in [1.54, 1.807) is 80.6 Å². The lowest BCUT2D eigenvalue weighted by Crippen LogP contribution is -2.47. The number of esters is 2. The third-order valence-corrected chi connectivity index (χ3v) is 7.18. The van der Waals surface area contributed by atoms with Crippen LogP contribution in [-0.2, 0) is 9.47 Å². The molecule has 1 aliphatic rings. The smallest absolute Gasteiger partial charge is 0.338 e. The molecule has 0 spiro atoms. The van der Waals surface area contributed by atoms with Gasteiger partial charge in [-0.2, -0.15) is 0 Å². The summed E-state index contributed by atoms with van der Waals surface area (Å²) in [4.78, 5) is 26.5. The Kier molecular flexibility index (Phi) is 7.24. The summed E-state index contributed by atoms with van der Waals surface area (Å²) < 4.78 is 55.7. The van der Waals surface area contributed by atoms with Crippen LogP contribution in [0.15, 0.2) is 91.0 Å². The summed E-state index contributed by atoms with van der Waals surface area (Å²) in [5.41, 5.74) is 2.27. The highest BCUT2D eigenvalue weighted by atomic mass is 19.2.